The Labute approximate surface area is 187 Å². The molecule has 0 unspecified atom stereocenters. The van der Waals surface area contributed by atoms with Crippen LogP contribution in [0.5, 0.6) is 11.6 Å². The van der Waals surface area contributed by atoms with Crippen molar-refractivity contribution in [3.05, 3.63) is 99.4 Å². The van der Waals surface area contributed by atoms with Crippen molar-refractivity contribution in [2.45, 2.75) is 6.92 Å². The molecule has 154 valence electrons. The van der Waals surface area contributed by atoms with Crippen LogP contribution in [0.2, 0.25) is 0 Å². The van der Waals surface area contributed by atoms with Gasteiger partial charge in [-0.25, -0.2) is 4.98 Å². The molecule has 5 aromatic rings. The summed E-state index contributed by atoms with van der Waals surface area (Å²) < 4.78 is 8.47. The second-order valence-corrected chi connectivity index (χ2v) is 8.12. The van der Waals surface area contributed by atoms with Gasteiger partial charge in [-0.05, 0) is 48.9 Å². The molecule has 0 amide bonds. The molecule has 6 nitrogen and oxygen atoms in total. The normalized spacial score (nSPS) is 11.6. The van der Waals surface area contributed by atoms with Gasteiger partial charge >= 0.3 is 0 Å². The first-order chi connectivity index (χ1) is 15.6. The molecule has 0 saturated carbocycles. The van der Waals surface area contributed by atoms with Gasteiger partial charge in [-0.2, -0.15) is 10.2 Å². The molecule has 0 radical (unpaired) electrons. The Balaban J connectivity index is 1.72. The summed E-state index contributed by atoms with van der Waals surface area (Å²) in [4.78, 5) is 22.5. The van der Waals surface area contributed by atoms with Crippen LogP contribution in [0.25, 0.3) is 27.5 Å². The minimum absolute atomic E-state index is 0.143. The molecule has 0 bridgehead atoms. The molecule has 0 saturated heterocycles. The lowest BCUT2D eigenvalue weighted by molar-refractivity contribution is 0.457. The van der Waals surface area contributed by atoms with Crippen LogP contribution in [0, 0.1) is 18.3 Å². The van der Waals surface area contributed by atoms with Crippen molar-refractivity contribution in [1.82, 2.24) is 14.4 Å². The number of benzene rings is 2. The van der Waals surface area contributed by atoms with Gasteiger partial charge in [0.1, 0.15) is 28.0 Å². The van der Waals surface area contributed by atoms with Gasteiger partial charge in [-0.1, -0.05) is 36.4 Å². The van der Waals surface area contributed by atoms with Crippen molar-refractivity contribution in [3.63, 3.8) is 0 Å². The van der Waals surface area contributed by atoms with E-state index in [2.05, 4.69) is 16.0 Å². The topological polar surface area (TPSA) is 80.3 Å². The van der Waals surface area contributed by atoms with Gasteiger partial charge in [0, 0.05) is 6.20 Å². The number of fused-ring (bicyclic) bond motifs is 2. The fraction of sp³-hybridized carbons (Fsp3) is 0.0400. The molecule has 7 heteroatoms. The highest BCUT2D eigenvalue weighted by atomic mass is 32.1. The lowest BCUT2D eigenvalue weighted by Gasteiger charge is -2.11. The number of pyridine rings is 1. The predicted molar refractivity (Wildman–Crippen MR) is 126 cm³/mol. The zero-order valence-corrected chi connectivity index (χ0v) is 17.8. The predicted octanol–water partition coefficient (Wildman–Crippen LogP) is 5.47. The Bertz CT molecular complexity index is 1580. The van der Waals surface area contributed by atoms with Crippen LogP contribution in [0.15, 0.2) is 77.7 Å². The molecule has 0 aliphatic heterocycles. The summed E-state index contributed by atoms with van der Waals surface area (Å²) in [5.41, 5.74) is 2.30. The van der Waals surface area contributed by atoms with Crippen LogP contribution in [-0.2, 0) is 0 Å². The first kappa shape index (κ1) is 19.7. The van der Waals surface area contributed by atoms with Gasteiger partial charge < -0.3 is 4.74 Å². The lowest BCUT2D eigenvalue weighted by atomic mass is 10.2. The van der Waals surface area contributed by atoms with Crippen molar-refractivity contribution in [2.75, 3.05) is 0 Å². The molecular formula is C25H16N4O2S. The minimum atomic E-state index is -0.326. The summed E-state index contributed by atoms with van der Waals surface area (Å²) >= 11 is 1.40. The quantitative estimate of drug-likeness (QED) is 0.349. The van der Waals surface area contributed by atoms with Crippen LogP contribution in [0.1, 0.15) is 16.1 Å². The summed E-state index contributed by atoms with van der Waals surface area (Å²) in [5, 5.41) is 10.4. The fourth-order valence-electron chi connectivity index (χ4n) is 3.33. The van der Waals surface area contributed by atoms with Crippen molar-refractivity contribution in [3.8, 4) is 17.7 Å². The van der Waals surface area contributed by atoms with Crippen molar-refractivity contribution in [1.29, 1.82) is 5.26 Å². The van der Waals surface area contributed by atoms with Gasteiger partial charge in [0.05, 0.1) is 15.8 Å². The summed E-state index contributed by atoms with van der Waals surface area (Å²) in [6, 6.07) is 22.6. The first-order valence-electron chi connectivity index (χ1n) is 9.86. The third-order valence-corrected chi connectivity index (χ3v) is 6.04. The standard InChI is InChI=1S/C25H16N4O2S/c1-16-8-2-4-10-20(16)31-23-18(25(30)29-13-7-6-12-22(29)28-23)14-17(15-26)24-27-19-9-3-5-11-21(19)32-24/h2-14H,1H3/b17-14+. The number of aromatic nitrogens is 3. The van der Waals surface area contributed by atoms with Crippen molar-refractivity contribution >= 4 is 38.8 Å². The number of ether oxygens (including phenoxy) is 1. The van der Waals surface area contributed by atoms with Crippen molar-refractivity contribution < 1.29 is 4.74 Å². The average Bonchev–Trinajstić information content (AvgIpc) is 3.24. The zero-order chi connectivity index (χ0) is 22.1. The number of rotatable bonds is 4. The first-order valence-corrected chi connectivity index (χ1v) is 10.7. The van der Waals surface area contributed by atoms with E-state index >= 15 is 0 Å². The van der Waals surface area contributed by atoms with Crippen LogP contribution in [0.3, 0.4) is 0 Å². The summed E-state index contributed by atoms with van der Waals surface area (Å²) in [6.45, 7) is 1.92. The molecular weight excluding hydrogens is 420 g/mol. The third-order valence-electron chi connectivity index (χ3n) is 4.97. The average molecular weight is 436 g/mol. The van der Waals surface area contributed by atoms with E-state index in [1.165, 1.54) is 21.8 Å². The number of aryl methyl sites for hydroxylation is 1. The second kappa shape index (κ2) is 8.10. The van der Waals surface area contributed by atoms with E-state index in [1.807, 2.05) is 55.5 Å². The Hall–Kier alpha value is -4.28. The summed E-state index contributed by atoms with van der Waals surface area (Å²) in [5.74, 6) is 0.734. The largest absolute Gasteiger partial charge is 0.438 e. The molecule has 3 aromatic heterocycles. The third kappa shape index (κ3) is 3.53. The Kier molecular flexibility index (Phi) is 4.98. The van der Waals surface area contributed by atoms with E-state index in [0.717, 1.165) is 15.8 Å². The van der Waals surface area contributed by atoms with Gasteiger partial charge in [0.25, 0.3) is 5.56 Å². The molecule has 2 aromatic carbocycles. The molecule has 0 aliphatic carbocycles. The number of thiazole rings is 1. The van der Waals surface area contributed by atoms with Crippen LogP contribution >= 0.6 is 11.3 Å². The monoisotopic (exact) mass is 436 g/mol. The van der Waals surface area contributed by atoms with Crippen molar-refractivity contribution in [2.24, 2.45) is 0 Å². The molecule has 5 rings (SSSR count). The smallest absolute Gasteiger partial charge is 0.269 e. The van der Waals surface area contributed by atoms with E-state index in [1.54, 1.807) is 24.4 Å². The van der Waals surface area contributed by atoms with E-state index < -0.39 is 0 Å². The molecule has 0 aliphatic rings. The summed E-state index contributed by atoms with van der Waals surface area (Å²) in [6.07, 6.45) is 3.16. The number of hydrogen-bond donors (Lipinski definition) is 0. The van der Waals surface area contributed by atoms with E-state index in [-0.39, 0.29) is 22.6 Å². The highest BCUT2D eigenvalue weighted by molar-refractivity contribution is 7.19. The molecule has 32 heavy (non-hydrogen) atoms. The van der Waals surface area contributed by atoms with Crippen LogP contribution < -0.4 is 10.3 Å². The maximum Gasteiger partial charge on any atom is 0.269 e. The van der Waals surface area contributed by atoms with E-state index in [4.69, 9.17) is 4.74 Å². The van der Waals surface area contributed by atoms with Crippen LogP contribution in [0.4, 0.5) is 0 Å². The second-order valence-electron chi connectivity index (χ2n) is 7.09. The highest BCUT2D eigenvalue weighted by Gasteiger charge is 2.17. The van der Waals surface area contributed by atoms with E-state index in [9.17, 15) is 10.1 Å². The maximum absolute atomic E-state index is 13.4. The number of para-hydroxylation sites is 2. The van der Waals surface area contributed by atoms with Gasteiger partial charge in [-0.15, -0.1) is 11.3 Å². The van der Waals surface area contributed by atoms with Gasteiger partial charge in [-0.3, -0.25) is 9.20 Å². The minimum Gasteiger partial charge on any atom is -0.438 e. The van der Waals surface area contributed by atoms with Crippen LogP contribution in [-0.4, -0.2) is 14.4 Å². The van der Waals surface area contributed by atoms with Gasteiger partial charge in [0.2, 0.25) is 5.88 Å². The SMILES string of the molecule is Cc1ccccc1Oc1nc2ccccn2c(=O)c1/C=C(\C#N)c1nc2ccccc2s1. The maximum atomic E-state index is 13.4. The molecule has 0 atom stereocenters. The number of allylic oxidation sites excluding steroid dienone is 1. The number of nitrogens with zero attached hydrogens (tertiary/aromatic N) is 4. The zero-order valence-electron chi connectivity index (χ0n) is 17.0. The number of nitriles is 1. The Morgan fingerprint density at radius 1 is 1.06 bits per heavy atom. The summed E-state index contributed by atoms with van der Waals surface area (Å²) in [7, 11) is 0. The van der Waals surface area contributed by atoms with E-state index in [0.29, 0.717) is 16.4 Å². The molecule has 0 fully saturated rings. The molecule has 0 spiro atoms. The highest BCUT2D eigenvalue weighted by Crippen LogP contribution is 2.30. The molecule has 3 heterocycles. The Morgan fingerprint density at radius 2 is 1.84 bits per heavy atom. The Morgan fingerprint density at radius 3 is 2.66 bits per heavy atom. The number of hydrogen-bond acceptors (Lipinski definition) is 6. The lowest BCUT2D eigenvalue weighted by Crippen LogP contribution is -2.18. The fourth-order valence-corrected chi connectivity index (χ4v) is 4.26. The van der Waals surface area contributed by atoms with Gasteiger partial charge in [0.15, 0.2) is 0 Å². The molecule has 0 N–H and O–H groups in total.